The van der Waals surface area contributed by atoms with Crippen molar-refractivity contribution in [2.24, 2.45) is 0 Å². The molecule has 0 unspecified atom stereocenters. The Morgan fingerprint density at radius 3 is 2.68 bits per heavy atom. The molecule has 0 aliphatic carbocycles. The third kappa shape index (κ3) is 4.22. The predicted octanol–water partition coefficient (Wildman–Crippen LogP) is 2.27. The normalized spacial score (nSPS) is 10.1. The number of rotatable bonds is 6. The summed E-state index contributed by atoms with van der Waals surface area (Å²) in [5.74, 6) is 1.29. The minimum Gasteiger partial charge on any atom is -0.496 e. The van der Waals surface area contributed by atoms with Gasteiger partial charge in [-0.05, 0) is 35.7 Å². The average molecular weight is 300 g/mol. The fraction of sp³-hybridized carbons (Fsp3) is 0.294. The van der Waals surface area contributed by atoms with E-state index in [2.05, 4.69) is 10.3 Å². The molecule has 0 fully saturated rings. The number of nitrogens with zero attached hydrogens (tertiary/aromatic N) is 1. The van der Waals surface area contributed by atoms with E-state index in [9.17, 15) is 4.79 Å². The van der Waals surface area contributed by atoms with Crippen molar-refractivity contribution in [3.8, 4) is 11.6 Å². The standard InChI is InChI=1S/C17H20N2O3/c1-12-4-5-13(8-15(12)21-2)9-16(20)19-11-14-6-7-18-17(10-14)22-3/h4-8,10H,9,11H2,1-3H3,(H,19,20). The van der Waals surface area contributed by atoms with Crippen LogP contribution < -0.4 is 14.8 Å². The van der Waals surface area contributed by atoms with Crippen molar-refractivity contribution in [1.29, 1.82) is 0 Å². The van der Waals surface area contributed by atoms with Crippen LogP contribution in [0.15, 0.2) is 36.5 Å². The Morgan fingerprint density at radius 2 is 1.95 bits per heavy atom. The van der Waals surface area contributed by atoms with E-state index >= 15 is 0 Å². The van der Waals surface area contributed by atoms with E-state index in [0.29, 0.717) is 18.8 Å². The lowest BCUT2D eigenvalue weighted by Crippen LogP contribution is -2.24. The Morgan fingerprint density at radius 1 is 1.14 bits per heavy atom. The molecule has 0 spiro atoms. The largest absolute Gasteiger partial charge is 0.496 e. The molecule has 1 amide bonds. The zero-order chi connectivity index (χ0) is 15.9. The number of carbonyl (C=O) groups excluding carboxylic acids is 1. The summed E-state index contributed by atoms with van der Waals surface area (Å²) in [4.78, 5) is 16.1. The summed E-state index contributed by atoms with van der Waals surface area (Å²) in [6, 6.07) is 9.43. The van der Waals surface area contributed by atoms with E-state index in [-0.39, 0.29) is 5.91 Å². The second kappa shape index (κ2) is 7.45. The molecule has 5 heteroatoms. The van der Waals surface area contributed by atoms with Crippen molar-refractivity contribution in [3.05, 3.63) is 53.2 Å². The van der Waals surface area contributed by atoms with Gasteiger partial charge in [-0.25, -0.2) is 4.98 Å². The number of carbonyl (C=O) groups is 1. The molecule has 1 aromatic carbocycles. The van der Waals surface area contributed by atoms with Crippen molar-refractivity contribution in [2.75, 3.05) is 14.2 Å². The minimum atomic E-state index is -0.0401. The predicted molar refractivity (Wildman–Crippen MR) is 84.1 cm³/mol. The van der Waals surface area contributed by atoms with Gasteiger partial charge in [-0.3, -0.25) is 4.79 Å². The average Bonchev–Trinajstić information content (AvgIpc) is 2.55. The van der Waals surface area contributed by atoms with Crippen molar-refractivity contribution in [1.82, 2.24) is 10.3 Å². The Balaban J connectivity index is 1.92. The van der Waals surface area contributed by atoms with Gasteiger partial charge in [0.15, 0.2) is 0 Å². The van der Waals surface area contributed by atoms with Gasteiger partial charge in [0.05, 0.1) is 20.6 Å². The minimum absolute atomic E-state index is 0.0401. The molecular weight excluding hydrogens is 280 g/mol. The summed E-state index contributed by atoms with van der Waals surface area (Å²) in [5.41, 5.74) is 2.92. The summed E-state index contributed by atoms with van der Waals surface area (Å²) in [5, 5.41) is 2.89. The molecule has 0 bridgehead atoms. The molecule has 2 aromatic rings. The maximum absolute atomic E-state index is 12.0. The van der Waals surface area contributed by atoms with Gasteiger partial charge in [-0.2, -0.15) is 0 Å². The highest BCUT2D eigenvalue weighted by Gasteiger charge is 2.06. The first-order chi connectivity index (χ1) is 10.6. The van der Waals surface area contributed by atoms with Crippen LogP contribution in [0.5, 0.6) is 11.6 Å². The van der Waals surface area contributed by atoms with Crippen LogP contribution in [0, 0.1) is 6.92 Å². The Hall–Kier alpha value is -2.56. The van der Waals surface area contributed by atoms with Crippen molar-refractivity contribution in [3.63, 3.8) is 0 Å². The molecule has 1 heterocycles. The van der Waals surface area contributed by atoms with Crippen molar-refractivity contribution >= 4 is 5.91 Å². The first-order valence-electron chi connectivity index (χ1n) is 7.01. The van der Waals surface area contributed by atoms with Gasteiger partial charge >= 0.3 is 0 Å². The molecule has 0 aliphatic heterocycles. The summed E-state index contributed by atoms with van der Waals surface area (Å²) >= 11 is 0. The summed E-state index contributed by atoms with van der Waals surface area (Å²) in [6.07, 6.45) is 1.98. The maximum Gasteiger partial charge on any atom is 0.224 e. The first-order valence-corrected chi connectivity index (χ1v) is 7.01. The zero-order valence-electron chi connectivity index (χ0n) is 13.1. The molecule has 22 heavy (non-hydrogen) atoms. The van der Waals surface area contributed by atoms with Crippen LogP contribution in [0.4, 0.5) is 0 Å². The lowest BCUT2D eigenvalue weighted by Gasteiger charge is -2.09. The summed E-state index contributed by atoms with van der Waals surface area (Å²) < 4.78 is 10.3. The first kappa shape index (κ1) is 15.8. The lowest BCUT2D eigenvalue weighted by atomic mass is 10.1. The number of pyridine rings is 1. The molecule has 5 nitrogen and oxygen atoms in total. The molecule has 0 aliphatic rings. The number of benzene rings is 1. The summed E-state index contributed by atoms with van der Waals surface area (Å²) in [7, 11) is 3.19. The number of hydrogen-bond donors (Lipinski definition) is 1. The second-order valence-electron chi connectivity index (χ2n) is 4.96. The molecular formula is C17H20N2O3. The van der Waals surface area contributed by atoms with Gasteiger partial charge in [-0.1, -0.05) is 12.1 Å². The Bertz CT molecular complexity index is 656. The van der Waals surface area contributed by atoms with Crippen LogP contribution in [0.1, 0.15) is 16.7 Å². The monoisotopic (exact) mass is 300 g/mol. The topological polar surface area (TPSA) is 60.5 Å². The van der Waals surface area contributed by atoms with Gasteiger partial charge in [0.1, 0.15) is 5.75 Å². The number of amides is 1. The second-order valence-corrected chi connectivity index (χ2v) is 4.96. The molecule has 0 saturated heterocycles. The van der Waals surface area contributed by atoms with Gasteiger partial charge < -0.3 is 14.8 Å². The maximum atomic E-state index is 12.0. The smallest absolute Gasteiger partial charge is 0.224 e. The van der Waals surface area contributed by atoms with Crippen LogP contribution in [0.25, 0.3) is 0 Å². The van der Waals surface area contributed by atoms with Crippen LogP contribution in [-0.2, 0) is 17.8 Å². The fourth-order valence-corrected chi connectivity index (χ4v) is 2.09. The van der Waals surface area contributed by atoms with Crippen molar-refractivity contribution < 1.29 is 14.3 Å². The highest BCUT2D eigenvalue weighted by molar-refractivity contribution is 5.78. The number of ether oxygens (including phenoxy) is 2. The van der Waals surface area contributed by atoms with Crippen LogP contribution in [-0.4, -0.2) is 25.1 Å². The number of methoxy groups -OCH3 is 2. The molecule has 1 N–H and O–H groups in total. The number of nitrogens with one attached hydrogen (secondary N) is 1. The van der Waals surface area contributed by atoms with E-state index in [1.807, 2.05) is 31.2 Å². The van der Waals surface area contributed by atoms with Crippen LogP contribution in [0.3, 0.4) is 0 Å². The third-order valence-electron chi connectivity index (χ3n) is 3.34. The SMILES string of the molecule is COc1cc(CNC(=O)Cc2ccc(C)c(OC)c2)ccn1. The quantitative estimate of drug-likeness (QED) is 0.889. The third-order valence-corrected chi connectivity index (χ3v) is 3.34. The van der Waals surface area contributed by atoms with Gasteiger partial charge in [-0.15, -0.1) is 0 Å². The molecule has 0 atom stereocenters. The molecule has 1 aromatic heterocycles. The van der Waals surface area contributed by atoms with E-state index in [0.717, 1.165) is 22.4 Å². The summed E-state index contributed by atoms with van der Waals surface area (Å²) in [6.45, 7) is 2.42. The highest BCUT2D eigenvalue weighted by Crippen LogP contribution is 2.19. The Kier molecular flexibility index (Phi) is 5.36. The molecule has 2 rings (SSSR count). The zero-order valence-corrected chi connectivity index (χ0v) is 13.1. The molecule has 0 saturated carbocycles. The van der Waals surface area contributed by atoms with E-state index in [4.69, 9.17) is 9.47 Å². The van der Waals surface area contributed by atoms with Crippen LogP contribution >= 0.6 is 0 Å². The Labute approximate surface area is 130 Å². The van der Waals surface area contributed by atoms with Crippen LogP contribution in [0.2, 0.25) is 0 Å². The fourth-order valence-electron chi connectivity index (χ4n) is 2.09. The van der Waals surface area contributed by atoms with E-state index in [1.54, 1.807) is 26.5 Å². The number of aryl methyl sites for hydroxylation is 1. The lowest BCUT2D eigenvalue weighted by molar-refractivity contribution is -0.120. The van der Waals surface area contributed by atoms with E-state index < -0.39 is 0 Å². The van der Waals surface area contributed by atoms with Gasteiger partial charge in [0, 0.05) is 18.8 Å². The highest BCUT2D eigenvalue weighted by atomic mass is 16.5. The number of aromatic nitrogens is 1. The molecule has 116 valence electrons. The number of hydrogen-bond acceptors (Lipinski definition) is 4. The molecule has 0 radical (unpaired) electrons. The van der Waals surface area contributed by atoms with Crippen molar-refractivity contribution in [2.45, 2.75) is 19.9 Å². The van der Waals surface area contributed by atoms with E-state index in [1.165, 1.54) is 0 Å². The van der Waals surface area contributed by atoms with Gasteiger partial charge in [0.2, 0.25) is 11.8 Å². The van der Waals surface area contributed by atoms with Gasteiger partial charge in [0.25, 0.3) is 0 Å².